The molecule has 3 aromatic rings. The Hall–Kier alpha value is -3.19. The fraction of sp³-hybridized carbons (Fsp3) is 0.100. The number of para-hydroxylation sites is 1. The van der Waals surface area contributed by atoms with Crippen molar-refractivity contribution < 1.29 is 13.2 Å². The normalized spacial score (nSPS) is 11.0. The van der Waals surface area contributed by atoms with Crippen LogP contribution in [0.25, 0.3) is 0 Å². The molecule has 7 heteroatoms. The zero-order chi connectivity index (χ0) is 19.4. The summed E-state index contributed by atoms with van der Waals surface area (Å²) in [7, 11) is -3.74. The Balaban J connectivity index is 1.75. The molecular formula is C20H19N3O3S. The number of nitrogens with zero attached hydrogens (tertiary/aromatic N) is 1. The number of rotatable bonds is 5. The van der Waals surface area contributed by atoms with Crippen LogP contribution in [-0.4, -0.2) is 19.3 Å². The van der Waals surface area contributed by atoms with E-state index in [1.54, 1.807) is 24.4 Å². The molecule has 1 heterocycles. The highest BCUT2D eigenvalue weighted by Crippen LogP contribution is 2.20. The molecule has 0 radical (unpaired) electrons. The minimum Gasteiger partial charge on any atom is -0.307 e. The van der Waals surface area contributed by atoms with Crippen molar-refractivity contribution in [3.05, 3.63) is 83.6 Å². The van der Waals surface area contributed by atoms with Crippen molar-refractivity contribution in [2.45, 2.75) is 18.7 Å². The molecule has 0 atom stereocenters. The van der Waals surface area contributed by atoms with E-state index in [1.807, 2.05) is 32.0 Å². The average molecular weight is 381 g/mol. The largest absolute Gasteiger partial charge is 0.307 e. The second-order valence-electron chi connectivity index (χ2n) is 6.12. The zero-order valence-electron chi connectivity index (χ0n) is 14.9. The monoisotopic (exact) mass is 381 g/mol. The van der Waals surface area contributed by atoms with Gasteiger partial charge in [0, 0.05) is 11.8 Å². The number of benzene rings is 2. The van der Waals surface area contributed by atoms with E-state index < -0.39 is 10.0 Å². The number of pyridine rings is 1. The number of amides is 1. The Bertz CT molecular complexity index is 1060. The van der Waals surface area contributed by atoms with Crippen LogP contribution in [0, 0.1) is 13.8 Å². The van der Waals surface area contributed by atoms with Gasteiger partial charge in [0.25, 0.3) is 15.9 Å². The average Bonchev–Trinajstić information content (AvgIpc) is 2.65. The van der Waals surface area contributed by atoms with Crippen LogP contribution < -0.4 is 10.0 Å². The van der Waals surface area contributed by atoms with Crippen LogP contribution in [0.5, 0.6) is 0 Å². The van der Waals surface area contributed by atoms with Crippen molar-refractivity contribution >= 4 is 27.4 Å². The smallest absolute Gasteiger partial charge is 0.261 e. The quantitative estimate of drug-likeness (QED) is 0.704. The highest BCUT2D eigenvalue weighted by molar-refractivity contribution is 7.92. The molecule has 0 spiro atoms. The molecule has 0 saturated heterocycles. The lowest BCUT2D eigenvalue weighted by molar-refractivity contribution is 0.102. The van der Waals surface area contributed by atoms with Crippen molar-refractivity contribution in [3.8, 4) is 0 Å². The standard InChI is InChI=1S/C20H19N3O3S/c1-14-7-12-19(21-13-14)22-20(24)16-8-10-17(11-9-16)27(25,26)23-18-6-4-3-5-15(18)2/h3-13,23H,1-2H3,(H,21,22,24). The number of anilines is 2. The number of nitrogens with one attached hydrogen (secondary N) is 2. The Kier molecular flexibility index (Phi) is 5.23. The van der Waals surface area contributed by atoms with E-state index in [-0.39, 0.29) is 10.8 Å². The lowest BCUT2D eigenvalue weighted by Gasteiger charge is -2.11. The number of carbonyl (C=O) groups is 1. The first kappa shape index (κ1) is 18.6. The molecule has 138 valence electrons. The van der Waals surface area contributed by atoms with Crippen LogP contribution in [0.15, 0.2) is 71.8 Å². The van der Waals surface area contributed by atoms with Gasteiger partial charge < -0.3 is 5.32 Å². The molecule has 1 amide bonds. The van der Waals surface area contributed by atoms with E-state index in [2.05, 4.69) is 15.0 Å². The van der Waals surface area contributed by atoms with E-state index in [1.165, 1.54) is 24.3 Å². The summed E-state index contributed by atoms with van der Waals surface area (Å²) in [5, 5.41) is 2.68. The van der Waals surface area contributed by atoms with Gasteiger partial charge in [-0.25, -0.2) is 13.4 Å². The lowest BCUT2D eigenvalue weighted by Crippen LogP contribution is -2.15. The van der Waals surface area contributed by atoms with Gasteiger partial charge in [-0.15, -0.1) is 0 Å². The third-order valence-electron chi connectivity index (χ3n) is 3.97. The fourth-order valence-corrected chi connectivity index (χ4v) is 3.54. The number of hydrogen-bond donors (Lipinski definition) is 2. The maximum atomic E-state index is 12.5. The summed E-state index contributed by atoms with van der Waals surface area (Å²) in [6.45, 7) is 3.73. The Morgan fingerprint density at radius 3 is 2.26 bits per heavy atom. The van der Waals surface area contributed by atoms with Crippen molar-refractivity contribution in [2.24, 2.45) is 0 Å². The van der Waals surface area contributed by atoms with Gasteiger partial charge in [-0.05, 0) is 61.4 Å². The number of aromatic nitrogens is 1. The first-order chi connectivity index (χ1) is 12.8. The van der Waals surface area contributed by atoms with Gasteiger partial charge in [0.1, 0.15) is 5.82 Å². The summed E-state index contributed by atoms with van der Waals surface area (Å²) in [4.78, 5) is 16.5. The zero-order valence-corrected chi connectivity index (χ0v) is 15.7. The van der Waals surface area contributed by atoms with Crippen LogP contribution >= 0.6 is 0 Å². The molecule has 0 saturated carbocycles. The van der Waals surface area contributed by atoms with Gasteiger partial charge in [0.2, 0.25) is 0 Å². The van der Waals surface area contributed by atoms with Crippen molar-refractivity contribution in [1.29, 1.82) is 0 Å². The molecule has 0 bridgehead atoms. The maximum absolute atomic E-state index is 12.5. The second-order valence-corrected chi connectivity index (χ2v) is 7.80. The van der Waals surface area contributed by atoms with Gasteiger partial charge in [0.05, 0.1) is 10.6 Å². The third-order valence-corrected chi connectivity index (χ3v) is 5.35. The van der Waals surface area contributed by atoms with E-state index in [0.29, 0.717) is 17.1 Å². The predicted molar refractivity (Wildman–Crippen MR) is 105 cm³/mol. The Morgan fingerprint density at radius 2 is 1.63 bits per heavy atom. The molecule has 0 aliphatic heterocycles. The molecular weight excluding hydrogens is 362 g/mol. The fourth-order valence-electron chi connectivity index (χ4n) is 2.41. The summed E-state index contributed by atoms with van der Waals surface area (Å²) >= 11 is 0. The molecule has 2 aromatic carbocycles. The molecule has 3 rings (SSSR count). The van der Waals surface area contributed by atoms with E-state index in [9.17, 15) is 13.2 Å². The lowest BCUT2D eigenvalue weighted by atomic mass is 10.2. The van der Waals surface area contributed by atoms with Gasteiger partial charge >= 0.3 is 0 Å². The van der Waals surface area contributed by atoms with Crippen LogP contribution in [0.1, 0.15) is 21.5 Å². The summed E-state index contributed by atoms with van der Waals surface area (Å²) < 4.78 is 27.6. The summed E-state index contributed by atoms with van der Waals surface area (Å²) in [6, 6.07) is 16.4. The molecule has 2 N–H and O–H groups in total. The van der Waals surface area contributed by atoms with Crippen molar-refractivity contribution in [3.63, 3.8) is 0 Å². The summed E-state index contributed by atoms with van der Waals surface area (Å²) in [5.41, 5.74) is 2.67. The Morgan fingerprint density at radius 1 is 0.926 bits per heavy atom. The van der Waals surface area contributed by atoms with Crippen molar-refractivity contribution in [2.75, 3.05) is 10.0 Å². The molecule has 0 aliphatic carbocycles. The van der Waals surface area contributed by atoms with Gasteiger partial charge in [-0.3, -0.25) is 9.52 Å². The van der Waals surface area contributed by atoms with Crippen LogP contribution in [0.2, 0.25) is 0 Å². The SMILES string of the molecule is Cc1ccc(NC(=O)c2ccc(S(=O)(=O)Nc3ccccc3C)cc2)nc1. The molecule has 1 aromatic heterocycles. The summed E-state index contributed by atoms with van der Waals surface area (Å²) in [5.74, 6) is 0.0747. The number of hydrogen-bond acceptors (Lipinski definition) is 4. The van der Waals surface area contributed by atoms with Gasteiger partial charge in [0.15, 0.2) is 0 Å². The third kappa shape index (κ3) is 4.51. The highest BCUT2D eigenvalue weighted by Gasteiger charge is 2.16. The topological polar surface area (TPSA) is 88.2 Å². The number of carbonyl (C=O) groups excluding carboxylic acids is 1. The second kappa shape index (κ2) is 7.59. The van der Waals surface area contributed by atoms with Gasteiger partial charge in [-0.2, -0.15) is 0 Å². The maximum Gasteiger partial charge on any atom is 0.261 e. The highest BCUT2D eigenvalue weighted by atomic mass is 32.2. The number of aryl methyl sites for hydroxylation is 2. The predicted octanol–water partition coefficient (Wildman–Crippen LogP) is 3.75. The van der Waals surface area contributed by atoms with Crippen LogP contribution in [-0.2, 0) is 10.0 Å². The van der Waals surface area contributed by atoms with E-state index >= 15 is 0 Å². The van der Waals surface area contributed by atoms with E-state index in [4.69, 9.17) is 0 Å². The summed E-state index contributed by atoms with van der Waals surface area (Å²) in [6.07, 6.45) is 1.66. The molecule has 0 aliphatic rings. The minimum atomic E-state index is -3.74. The first-order valence-electron chi connectivity index (χ1n) is 8.28. The minimum absolute atomic E-state index is 0.0794. The van der Waals surface area contributed by atoms with Crippen LogP contribution in [0.3, 0.4) is 0 Å². The van der Waals surface area contributed by atoms with E-state index in [0.717, 1.165) is 11.1 Å². The van der Waals surface area contributed by atoms with Gasteiger partial charge in [-0.1, -0.05) is 24.3 Å². The first-order valence-corrected chi connectivity index (χ1v) is 9.76. The number of sulfonamides is 1. The molecule has 0 unspecified atom stereocenters. The molecule has 0 fully saturated rings. The molecule has 6 nitrogen and oxygen atoms in total. The van der Waals surface area contributed by atoms with Crippen molar-refractivity contribution in [1.82, 2.24) is 4.98 Å². The Labute approximate surface area is 158 Å². The molecule has 27 heavy (non-hydrogen) atoms. The van der Waals surface area contributed by atoms with Crippen LogP contribution in [0.4, 0.5) is 11.5 Å².